The van der Waals surface area contributed by atoms with E-state index in [1.165, 1.54) is 0 Å². The monoisotopic (exact) mass is 396 g/mol. The van der Waals surface area contributed by atoms with Crippen molar-refractivity contribution in [2.75, 3.05) is 6.61 Å². The van der Waals surface area contributed by atoms with Crippen LogP contribution >= 0.6 is 0 Å². The molecule has 3 rings (SSSR count). The van der Waals surface area contributed by atoms with Gasteiger partial charge in [-0.25, -0.2) is 4.79 Å². The van der Waals surface area contributed by atoms with Crippen LogP contribution in [0.1, 0.15) is 51.7 Å². The Kier molecular flexibility index (Phi) is 5.87. The van der Waals surface area contributed by atoms with Crippen molar-refractivity contribution in [3.05, 3.63) is 64.7 Å². The van der Waals surface area contributed by atoms with Crippen LogP contribution in [-0.2, 0) is 4.74 Å². The minimum Gasteiger partial charge on any atom is -0.491 e. The molecule has 0 saturated heterocycles. The van der Waals surface area contributed by atoms with E-state index in [9.17, 15) is 9.59 Å². The lowest BCUT2D eigenvalue weighted by Gasteiger charge is -2.10. The Labute approximate surface area is 169 Å². The van der Waals surface area contributed by atoms with Gasteiger partial charge >= 0.3 is 5.97 Å². The fourth-order valence-corrected chi connectivity index (χ4v) is 3.09. The highest BCUT2D eigenvalue weighted by Crippen LogP contribution is 2.21. The van der Waals surface area contributed by atoms with E-state index in [1.807, 2.05) is 32.3 Å². The average molecular weight is 396 g/mol. The van der Waals surface area contributed by atoms with Crippen LogP contribution in [0.5, 0.6) is 5.75 Å². The van der Waals surface area contributed by atoms with Crippen LogP contribution in [0.4, 0.5) is 0 Å². The lowest BCUT2D eigenvalue weighted by atomic mass is 10.1. The van der Waals surface area contributed by atoms with Crippen molar-refractivity contribution in [3.63, 3.8) is 0 Å². The zero-order chi connectivity index (χ0) is 21.1. The molecule has 0 aliphatic rings. The zero-order valence-electron chi connectivity index (χ0n) is 17.2. The maximum atomic E-state index is 12.6. The van der Waals surface area contributed by atoms with Gasteiger partial charge in [0.15, 0.2) is 12.4 Å². The summed E-state index contributed by atoms with van der Waals surface area (Å²) >= 11 is 0. The van der Waals surface area contributed by atoms with Crippen LogP contribution in [0.15, 0.2) is 40.9 Å². The summed E-state index contributed by atoms with van der Waals surface area (Å²) in [7, 11) is 0. The lowest BCUT2D eigenvalue weighted by Crippen LogP contribution is -2.15. The Balaban J connectivity index is 1.67. The molecule has 0 aliphatic heterocycles. The SMILES string of the molecule is Cc1cc(-n2c(C)cc(C(=O)COC(=O)c3ccc(OC(C)C)cc3)c2C)no1. The topological polar surface area (TPSA) is 83.6 Å². The van der Waals surface area contributed by atoms with Crippen molar-refractivity contribution in [3.8, 4) is 11.6 Å². The normalized spacial score (nSPS) is 11.0. The molecule has 29 heavy (non-hydrogen) atoms. The van der Waals surface area contributed by atoms with E-state index in [0.717, 1.165) is 5.69 Å². The van der Waals surface area contributed by atoms with Crippen molar-refractivity contribution < 1.29 is 23.6 Å². The van der Waals surface area contributed by atoms with Gasteiger partial charge in [0.1, 0.15) is 11.5 Å². The third-order valence-corrected chi connectivity index (χ3v) is 4.37. The second-order valence-corrected chi connectivity index (χ2v) is 7.11. The summed E-state index contributed by atoms with van der Waals surface area (Å²) in [6.45, 7) is 9.01. The largest absolute Gasteiger partial charge is 0.491 e. The number of hydrogen-bond acceptors (Lipinski definition) is 6. The molecule has 7 nitrogen and oxygen atoms in total. The Hall–Kier alpha value is -3.35. The van der Waals surface area contributed by atoms with Crippen LogP contribution in [0.25, 0.3) is 5.82 Å². The van der Waals surface area contributed by atoms with Crippen molar-refractivity contribution in [2.24, 2.45) is 0 Å². The quantitative estimate of drug-likeness (QED) is 0.439. The predicted molar refractivity (Wildman–Crippen MR) is 107 cm³/mol. The minimum atomic E-state index is -0.560. The third-order valence-electron chi connectivity index (χ3n) is 4.37. The summed E-state index contributed by atoms with van der Waals surface area (Å²) < 4.78 is 17.7. The molecule has 1 aromatic carbocycles. The Bertz CT molecular complexity index is 1030. The minimum absolute atomic E-state index is 0.0468. The van der Waals surface area contributed by atoms with Gasteiger partial charge in [-0.1, -0.05) is 5.16 Å². The van der Waals surface area contributed by atoms with Crippen LogP contribution < -0.4 is 4.74 Å². The first-order chi connectivity index (χ1) is 13.8. The molecule has 0 saturated carbocycles. The van der Waals surface area contributed by atoms with Gasteiger partial charge in [-0.15, -0.1) is 0 Å². The van der Waals surface area contributed by atoms with Crippen molar-refractivity contribution in [1.82, 2.24) is 9.72 Å². The summed E-state index contributed by atoms with van der Waals surface area (Å²) in [6, 6.07) is 10.2. The molecule has 0 spiro atoms. The van der Waals surface area contributed by atoms with Crippen LogP contribution in [0.2, 0.25) is 0 Å². The molecule has 7 heteroatoms. The first-order valence-electron chi connectivity index (χ1n) is 9.36. The van der Waals surface area contributed by atoms with E-state index in [1.54, 1.807) is 43.3 Å². The van der Waals surface area contributed by atoms with Gasteiger partial charge < -0.3 is 14.0 Å². The summed E-state index contributed by atoms with van der Waals surface area (Å²) in [6.07, 6.45) is 0.0468. The van der Waals surface area contributed by atoms with E-state index in [4.69, 9.17) is 14.0 Å². The third kappa shape index (κ3) is 4.56. The second-order valence-electron chi connectivity index (χ2n) is 7.11. The van der Waals surface area contributed by atoms with Gasteiger partial charge in [-0.05, 0) is 65.0 Å². The highest BCUT2D eigenvalue weighted by atomic mass is 16.5. The summed E-state index contributed by atoms with van der Waals surface area (Å²) in [5.74, 6) is 1.12. The number of nitrogens with zero attached hydrogens (tertiary/aromatic N) is 2. The number of carbonyl (C=O) groups is 2. The molecule has 0 aliphatic carbocycles. The standard InChI is InChI=1S/C22H24N2O5/c1-13(2)28-18-8-6-17(7-9-18)22(26)27-12-20(25)19-10-14(3)24(16(19)5)21-11-15(4)29-23-21/h6-11,13H,12H2,1-5H3. The molecular formula is C22H24N2O5. The van der Waals surface area contributed by atoms with E-state index >= 15 is 0 Å². The van der Waals surface area contributed by atoms with Gasteiger partial charge in [0.2, 0.25) is 5.78 Å². The van der Waals surface area contributed by atoms with Gasteiger partial charge in [-0.3, -0.25) is 9.36 Å². The van der Waals surface area contributed by atoms with Crippen molar-refractivity contribution >= 4 is 11.8 Å². The molecule has 152 valence electrons. The molecule has 0 atom stereocenters. The molecule has 0 unspecified atom stereocenters. The Morgan fingerprint density at radius 2 is 1.79 bits per heavy atom. The molecule has 3 aromatic rings. The number of carbonyl (C=O) groups excluding carboxylic acids is 2. The van der Waals surface area contributed by atoms with Gasteiger partial charge in [0, 0.05) is 23.0 Å². The molecule has 0 radical (unpaired) electrons. The first kappa shape index (κ1) is 20.4. The van der Waals surface area contributed by atoms with Gasteiger partial charge in [-0.2, -0.15) is 0 Å². The van der Waals surface area contributed by atoms with E-state index in [-0.39, 0.29) is 18.5 Å². The number of ether oxygens (including phenoxy) is 2. The van der Waals surface area contributed by atoms with Crippen molar-refractivity contribution in [1.29, 1.82) is 0 Å². The number of rotatable bonds is 7. The molecule has 2 heterocycles. The molecule has 0 amide bonds. The lowest BCUT2D eigenvalue weighted by molar-refractivity contribution is 0.0474. The number of aryl methyl sites for hydroxylation is 2. The number of hydrogen-bond donors (Lipinski definition) is 0. The highest BCUT2D eigenvalue weighted by molar-refractivity contribution is 6.00. The number of esters is 1. The number of Topliss-reactive ketones (excluding diaryl/α,β-unsaturated/α-hetero) is 1. The van der Waals surface area contributed by atoms with Crippen LogP contribution in [0.3, 0.4) is 0 Å². The maximum absolute atomic E-state index is 12.6. The molecule has 0 bridgehead atoms. The Morgan fingerprint density at radius 3 is 2.38 bits per heavy atom. The van der Waals surface area contributed by atoms with E-state index < -0.39 is 5.97 Å². The van der Waals surface area contributed by atoms with E-state index in [0.29, 0.717) is 34.1 Å². The maximum Gasteiger partial charge on any atom is 0.338 e. The van der Waals surface area contributed by atoms with Gasteiger partial charge in [0.25, 0.3) is 0 Å². The highest BCUT2D eigenvalue weighted by Gasteiger charge is 2.20. The first-order valence-corrected chi connectivity index (χ1v) is 9.36. The van der Waals surface area contributed by atoms with Crippen LogP contribution in [0, 0.1) is 20.8 Å². The van der Waals surface area contributed by atoms with Crippen molar-refractivity contribution in [2.45, 2.75) is 40.7 Å². The number of ketones is 1. The molecule has 0 N–H and O–H groups in total. The Morgan fingerprint density at radius 1 is 1.10 bits per heavy atom. The fraction of sp³-hybridized carbons (Fsp3) is 0.318. The summed E-state index contributed by atoms with van der Waals surface area (Å²) in [5, 5.41) is 4.00. The summed E-state index contributed by atoms with van der Waals surface area (Å²) in [5.41, 5.74) is 2.40. The average Bonchev–Trinajstić information content (AvgIpc) is 3.22. The molecular weight excluding hydrogens is 372 g/mol. The molecule has 0 fully saturated rings. The second kappa shape index (κ2) is 8.34. The number of aromatic nitrogens is 2. The summed E-state index contributed by atoms with van der Waals surface area (Å²) in [4.78, 5) is 24.9. The van der Waals surface area contributed by atoms with Crippen LogP contribution in [-0.4, -0.2) is 34.2 Å². The smallest absolute Gasteiger partial charge is 0.338 e. The fourth-order valence-electron chi connectivity index (χ4n) is 3.09. The molecule has 2 aromatic heterocycles. The zero-order valence-corrected chi connectivity index (χ0v) is 17.2. The van der Waals surface area contributed by atoms with E-state index in [2.05, 4.69) is 5.16 Å². The number of benzene rings is 1. The van der Waals surface area contributed by atoms with Gasteiger partial charge in [0.05, 0.1) is 11.7 Å². The predicted octanol–water partition coefficient (Wildman–Crippen LogP) is 4.22.